The van der Waals surface area contributed by atoms with E-state index in [1.165, 1.54) is 12.3 Å². The molecule has 0 N–H and O–H groups in total. The second kappa shape index (κ2) is 7.62. The zero-order chi connectivity index (χ0) is 19.9. The molecule has 0 fully saturated rings. The minimum atomic E-state index is -4.65. The molecule has 0 spiro atoms. The maximum absolute atomic E-state index is 13.4. The van der Waals surface area contributed by atoms with Gasteiger partial charge in [0.25, 0.3) is 0 Å². The first-order valence-corrected chi connectivity index (χ1v) is 9.59. The molecular weight excluding hydrogens is 442 g/mol. The third kappa shape index (κ3) is 4.26. The summed E-state index contributed by atoms with van der Waals surface area (Å²) in [6.07, 6.45) is -3.42. The van der Waals surface area contributed by atoms with E-state index in [0.29, 0.717) is 26.8 Å². The summed E-state index contributed by atoms with van der Waals surface area (Å²) in [5.74, 6) is -0.0904. The van der Waals surface area contributed by atoms with Crippen molar-refractivity contribution in [3.05, 3.63) is 50.7 Å². The number of rotatable bonds is 3. The van der Waals surface area contributed by atoms with Crippen molar-refractivity contribution in [3.63, 3.8) is 0 Å². The predicted molar refractivity (Wildman–Crippen MR) is 102 cm³/mol. The SMILES string of the molecule is CC(C)c1nc2cc(Cl)c(Cl)cc2nc1Sc1nccc(Cl)c1C(F)(F)F. The number of alkyl halides is 3. The first-order valence-electron chi connectivity index (χ1n) is 7.64. The van der Waals surface area contributed by atoms with Gasteiger partial charge in [-0.3, -0.25) is 0 Å². The Balaban J connectivity index is 2.19. The van der Waals surface area contributed by atoms with Crippen molar-refractivity contribution in [1.82, 2.24) is 15.0 Å². The monoisotopic (exact) mass is 451 g/mol. The summed E-state index contributed by atoms with van der Waals surface area (Å²) < 4.78 is 40.2. The fraction of sp³-hybridized carbons (Fsp3) is 0.235. The Labute approximate surface area is 172 Å². The molecule has 0 saturated heterocycles. The number of aromatic nitrogens is 3. The highest BCUT2D eigenvalue weighted by atomic mass is 35.5. The van der Waals surface area contributed by atoms with Crippen LogP contribution in [0.5, 0.6) is 0 Å². The molecule has 3 nitrogen and oxygen atoms in total. The Kier molecular flexibility index (Phi) is 5.77. The van der Waals surface area contributed by atoms with Crippen LogP contribution in [0.2, 0.25) is 15.1 Å². The van der Waals surface area contributed by atoms with Crippen molar-refractivity contribution >= 4 is 57.6 Å². The number of halogens is 6. The van der Waals surface area contributed by atoms with E-state index in [-0.39, 0.29) is 16.0 Å². The van der Waals surface area contributed by atoms with Gasteiger partial charge in [-0.25, -0.2) is 15.0 Å². The van der Waals surface area contributed by atoms with Crippen LogP contribution in [-0.2, 0) is 6.18 Å². The van der Waals surface area contributed by atoms with Crippen molar-refractivity contribution in [2.75, 3.05) is 0 Å². The van der Waals surface area contributed by atoms with Gasteiger partial charge in [0.2, 0.25) is 0 Å². The molecule has 0 bridgehead atoms. The number of nitrogens with zero attached hydrogens (tertiary/aromatic N) is 3. The predicted octanol–water partition coefficient (Wildman–Crippen LogP) is 7.28. The summed E-state index contributed by atoms with van der Waals surface area (Å²) in [5, 5.41) is 0.199. The van der Waals surface area contributed by atoms with Crippen molar-refractivity contribution in [2.24, 2.45) is 0 Å². The van der Waals surface area contributed by atoms with Gasteiger partial charge in [0.15, 0.2) is 0 Å². The third-order valence-corrected chi connectivity index (χ3v) is 5.62. The van der Waals surface area contributed by atoms with Gasteiger partial charge >= 0.3 is 6.18 Å². The maximum Gasteiger partial charge on any atom is 0.420 e. The van der Waals surface area contributed by atoms with E-state index in [0.717, 1.165) is 17.8 Å². The van der Waals surface area contributed by atoms with Crippen LogP contribution in [0.25, 0.3) is 11.0 Å². The number of hydrogen-bond acceptors (Lipinski definition) is 4. The van der Waals surface area contributed by atoms with Crippen molar-refractivity contribution < 1.29 is 13.2 Å². The van der Waals surface area contributed by atoms with Gasteiger partial charge in [-0.1, -0.05) is 48.7 Å². The standard InChI is InChI=1S/C17H11Cl3F3N3S/c1-7(2)14-16(26-12-6-10(20)9(19)5-11(12)25-14)27-15-13(17(21,22)23)8(18)3-4-24-15/h3-7H,1-2H3. The van der Waals surface area contributed by atoms with E-state index in [9.17, 15) is 13.2 Å². The van der Waals surface area contributed by atoms with Gasteiger partial charge in [0.05, 0.1) is 31.8 Å². The first kappa shape index (κ1) is 20.5. The lowest BCUT2D eigenvalue weighted by Crippen LogP contribution is -2.09. The molecular formula is C17H11Cl3F3N3S. The first-order chi connectivity index (χ1) is 12.6. The van der Waals surface area contributed by atoms with E-state index < -0.39 is 16.8 Å². The molecule has 0 aliphatic rings. The lowest BCUT2D eigenvalue weighted by molar-refractivity contribution is -0.140. The molecule has 27 heavy (non-hydrogen) atoms. The Bertz CT molecular complexity index is 1030. The zero-order valence-corrected chi connectivity index (χ0v) is 17.0. The molecule has 0 unspecified atom stereocenters. The molecule has 0 radical (unpaired) electrons. The average molecular weight is 453 g/mol. The van der Waals surface area contributed by atoms with Crippen LogP contribution in [0.3, 0.4) is 0 Å². The maximum atomic E-state index is 13.4. The van der Waals surface area contributed by atoms with Gasteiger partial charge in [-0.05, 0) is 35.9 Å². The molecule has 1 aromatic carbocycles. The molecule has 142 valence electrons. The van der Waals surface area contributed by atoms with Gasteiger partial charge in [-0.15, -0.1) is 0 Å². The van der Waals surface area contributed by atoms with E-state index in [2.05, 4.69) is 15.0 Å². The second-order valence-corrected chi connectivity index (χ2v) is 8.10. The van der Waals surface area contributed by atoms with Crippen molar-refractivity contribution in [2.45, 2.75) is 36.0 Å². The highest BCUT2D eigenvalue weighted by Gasteiger charge is 2.37. The van der Waals surface area contributed by atoms with Crippen molar-refractivity contribution in [1.29, 1.82) is 0 Å². The quantitative estimate of drug-likeness (QED) is 0.418. The largest absolute Gasteiger partial charge is 0.420 e. The minimum absolute atomic E-state index is 0.0904. The smallest absolute Gasteiger partial charge is 0.249 e. The Morgan fingerprint density at radius 3 is 2.07 bits per heavy atom. The molecule has 10 heteroatoms. The molecule has 3 rings (SSSR count). The van der Waals surface area contributed by atoms with Gasteiger partial charge in [0.1, 0.15) is 15.6 Å². The highest BCUT2D eigenvalue weighted by molar-refractivity contribution is 7.99. The van der Waals surface area contributed by atoms with Gasteiger partial charge in [0, 0.05) is 6.20 Å². The molecule has 2 aromatic heterocycles. The summed E-state index contributed by atoms with van der Waals surface area (Å²) >= 11 is 18.6. The van der Waals surface area contributed by atoms with Crippen LogP contribution >= 0.6 is 46.6 Å². The zero-order valence-electron chi connectivity index (χ0n) is 13.9. The van der Waals surface area contributed by atoms with Gasteiger partial charge in [-0.2, -0.15) is 13.2 Å². The van der Waals surface area contributed by atoms with E-state index in [4.69, 9.17) is 34.8 Å². The number of pyridine rings is 1. The fourth-order valence-corrected chi connectivity index (χ4v) is 4.13. The summed E-state index contributed by atoms with van der Waals surface area (Å²) in [6.45, 7) is 3.74. The molecule has 2 heterocycles. The summed E-state index contributed by atoms with van der Waals surface area (Å²) in [4.78, 5) is 12.8. The van der Waals surface area contributed by atoms with Crippen LogP contribution < -0.4 is 0 Å². The van der Waals surface area contributed by atoms with E-state index >= 15 is 0 Å². The molecule has 3 aromatic rings. The fourth-order valence-electron chi connectivity index (χ4n) is 2.35. The number of benzene rings is 1. The van der Waals surface area contributed by atoms with Crippen LogP contribution in [0, 0.1) is 0 Å². The normalized spacial score (nSPS) is 12.2. The number of hydrogen-bond donors (Lipinski definition) is 0. The molecule has 0 atom stereocenters. The molecule has 0 aliphatic heterocycles. The number of fused-ring (bicyclic) bond motifs is 1. The molecule has 0 aliphatic carbocycles. The topological polar surface area (TPSA) is 38.7 Å². The summed E-state index contributed by atoms with van der Waals surface area (Å²) in [6, 6.07) is 4.20. The molecule has 0 amide bonds. The van der Waals surface area contributed by atoms with Crippen LogP contribution in [-0.4, -0.2) is 15.0 Å². The second-order valence-electron chi connectivity index (χ2n) is 5.90. The van der Waals surface area contributed by atoms with Crippen molar-refractivity contribution in [3.8, 4) is 0 Å². The summed E-state index contributed by atoms with van der Waals surface area (Å²) in [5.41, 5.74) is 0.461. The lowest BCUT2D eigenvalue weighted by Gasteiger charge is -2.15. The van der Waals surface area contributed by atoms with Crippen LogP contribution in [0.15, 0.2) is 34.4 Å². The van der Waals surface area contributed by atoms with E-state index in [1.54, 1.807) is 6.07 Å². The third-order valence-electron chi connectivity index (χ3n) is 3.59. The van der Waals surface area contributed by atoms with Crippen LogP contribution in [0.1, 0.15) is 31.0 Å². The Morgan fingerprint density at radius 2 is 1.52 bits per heavy atom. The van der Waals surface area contributed by atoms with Gasteiger partial charge < -0.3 is 0 Å². The Morgan fingerprint density at radius 1 is 0.926 bits per heavy atom. The van der Waals surface area contributed by atoms with Crippen LogP contribution in [0.4, 0.5) is 13.2 Å². The Hall–Kier alpha value is -1.28. The minimum Gasteiger partial charge on any atom is -0.249 e. The average Bonchev–Trinajstić information content (AvgIpc) is 2.54. The summed E-state index contributed by atoms with van der Waals surface area (Å²) in [7, 11) is 0. The van der Waals surface area contributed by atoms with E-state index in [1.807, 2.05) is 13.8 Å². The molecule has 0 saturated carbocycles. The lowest BCUT2D eigenvalue weighted by atomic mass is 10.1. The highest BCUT2D eigenvalue weighted by Crippen LogP contribution is 2.43.